The first kappa shape index (κ1) is 15.8. The number of halogens is 1. The molecule has 2 atom stereocenters. The molecular formula is C19H22ClN. The standard InChI is InChI=1S/C19H21N.ClH/c1-3-13(2)19(20)18-12-14-8-4-5-9-15(14)16-10-6-7-11-17(16)18;/h4-13,19H,3,20H2,1-2H3;1H/t13?,19-;/m1./s1. The van der Waals surface area contributed by atoms with Gasteiger partial charge in [0.25, 0.3) is 0 Å². The van der Waals surface area contributed by atoms with Gasteiger partial charge in [0.15, 0.2) is 0 Å². The van der Waals surface area contributed by atoms with Gasteiger partial charge in [-0.25, -0.2) is 0 Å². The molecule has 2 heteroatoms. The van der Waals surface area contributed by atoms with E-state index in [4.69, 9.17) is 5.73 Å². The normalized spacial score (nSPS) is 13.9. The number of fused-ring (bicyclic) bond motifs is 3. The van der Waals surface area contributed by atoms with Crippen LogP contribution in [0.1, 0.15) is 31.9 Å². The molecule has 0 saturated heterocycles. The summed E-state index contributed by atoms with van der Waals surface area (Å²) in [5.41, 5.74) is 7.78. The first-order valence-corrected chi connectivity index (χ1v) is 7.38. The Bertz CT molecular complexity index is 751. The van der Waals surface area contributed by atoms with Crippen molar-refractivity contribution in [1.29, 1.82) is 0 Å². The van der Waals surface area contributed by atoms with Gasteiger partial charge in [0.05, 0.1) is 0 Å². The molecule has 3 aromatic rings. The SMILES string of the molecule is CCC(C)[C@@H](N)c1cc2ccccc2c2ccccc12.Cl. The smallest absolute Gasteiger partial charge is 0.0327 e. The Hall–Kier alpha value is -1.57. The van der Waals surface area contributed by atoms with Gasteiger partial charge >= 0.3 is 0 Å². The van der Waals surface area contributed by atoms with Crippen molar-refractivity contribution in [2.45, 2.75) is 26.3 Å². The predicted molar refractivity (Wildman–Crippen MR) is 95.1 cm³/mol. The molecule has 1 nitrogen and oxygen atoms in total. The molecule has 3 rings (SSSR count). The molecule has 0 aliphatic heterocycles. The lowest BCUT2D eigenvalue weighted by molar-refractivity contribution is 0.459. The Morgan fingerprint density at radius 3 is 2.14 bits per heavy atom. The van der Waals surface area contributed by atoms with E-state index in [-0.39, 0.29) is 18.4 Å². The van der Waals surface area contributed by atoms with Gasteiger partial charge in [0.2, 0.25) is 0 Å². The highest BCUT2D eigenvalue weighted by atomic mass is 35.5. The maximum Gasteiger partial charge on any atom is 0.0327 e. The number of hydrogen-bond acceptors (Lipinski definition) is 1. The molecule has 0 amide bonds. The fraction of sp³-hybridized carbons (Fsp3) is 0.263. The van der Waals surface area contributed by atoms with E-state index in [1.54, 1.807) is 0 Å². The van der Waals surface area contributed by atoms with Crippen LogP contribution in [0.2, 0.25) is 0 Å². The summed E-state index contributed by atoms with van der Waals surface area (Å²) >= 11 is 0. The molecule has 3 aromatic carbocycles. The molecule has 0 saturated carbocycles. The summed E-state index contributed by atoms with van der Waals surface area (Å²) in [7, 11) is 0. The third kappa shape index (κ3) is 2.76. The summed E-state index contributed by atoms with van der Waals surface area (Å²) in [6.45, 7) is 4.43. The number of nitrogens with two attached hydrogens (primary N) is 1. The number of benzene rings is 3. The molecule has 21 heavy (non-hydrogen) atoms. The van der Waals surface area contributed by atoms with Gasteiger partial charge < -0.3 is 5.73 Å². The summed E-state index contributed by atoms with van der Waals surface area (Å²) in [6, 6.07) is 19.5. The molecule has 0 aliphatic rings. The Morgan fingerprint density at radius 1 is 0.905 bits per heavy atom. The average Bonchev–Trinajstić information content (AvgIpc) is 2.52. The summed E-state index contributed by atoms with van der Waals surface area (Å²) in [6.07, 6.45) is 1.10. The van der Waals surface area contributed by atoms with Crippen molar-refractivity contribution in [3.05, 3.63) is 60.2 Å². The van der Waals surface area contributed by atoms with E-state index in [0.717, 1.165) is 6.42 Å². The van der Waals surface area contributed by atoms with Gasteiger partial charge in [-0.15, -0.1) is 12.4 Å². The van der Waals surface area contributed by atoms with E-state index < -0.39 is 0 Å². The zero-order chi connectivity index (χ0) is 14.1. The van der Waals surface area contributed by atoms with Crippen molar-refractivity contribution in [3.8, 4) is 0 Å². The molecule has 0 spiro atoms. The Balaban J connectivity index is 0.00000161. The average molecular weight is 300 g/mol. The fourth-order valence-corrected chi connectivity index (χ4v) is 2.92. The van der Waals surface area contributed by atoms with Crippen molar-refractivity contribution < 1.29 is 0 Å². The first-order valence-electron chi connectivity index (χ1n) is 7.38. The largest absolute Gasteiger partial charge is 0.324 e. The lowest BCUT2D eigenvalue weighted by Gasteiger charge is -2.21. The van der Waals surface area contributed by atoms with Crippen LogP contribution in [0.4, 0.5) is 0 Å². The van der Waals surface area contributed by atoms with Crippen LogP contribution in [0.5, 0.6) is 0 Å². The van der Waals surface area contributed by atoms with Gasteiger partial charge in [0, 0.05) is 6.04 Å². The van der Waals surface area contributed by atoms with Gasteiger partial charge in [-0.3, -0.25) is 0 Å². The highest BCUT2D eigenvalue weighted by Gasteiger charge is 2.17. The van der Waals surface area contributed by atoms with E-state index in [9.17, 15) is 0 Å². The second kappa shape index (κ2) is 6.46. The van der Waals surface area contributed by atoms with Gasteiger partial charge in [-0.2, -0.15) is 0 Å². The van der Waals surface area contributed by atoms with Crippen molar-refractivity contribution in [1.82, 2.24) is 0 Å². The highest BCUT2D eigenvalue weighted by molar-refractivity contribution is 6.09. The van der Waals surface area contributed by atoms with Crippen molar-refractivity contribution >= 4 is 34.0 Å². The molecule has 2 N–H and O–H groups in total. The van der Waals surface area contributed by atoms with Crippen LogP contribution in [0.3, 0.4) is 0 Å². The zero-order valence-electron chi connectivity index (χ0n) is 12.5. The lowest BCUT2D eigenvalue weighted by Crippen LogP contribution is -2.18. The Morgan fingerprint density at radius 2 is 1.48 bits per heavy atom. The molecule has 0 fully saturated rings. The quantitative estimate of drug-likeness (QED) is 0.638. The number of rotatable bonds is 3. The number of hydrogen-bond donors (Lipinski definition) is 1. The summed E-state index contributed by atoms with van der Waals surface area (Å²) < 4.78 is 0. The fourth-order valence-electron chi connectivity index (χ4n) is 2.92. The molecule has 0 bridgehead atoms. The summed E-state index contributed by atoms with van der Waals surface area (Å²) in [5.74, 6) is 0.486. The van der Waals surface area contributed by atoms with Crippen LogP contribution < -0.4 is 5.73 Å². The molecule has 0 heterocycles. The zero-order valence-corrected chi connectivity index (χ0v) is 13.4. The van der Waals surface area contributed by atoms with Crippen LogP contribution in [0.25, 0.3) is 21.5 Å². The van der Waals surface area contributed by atoms with Crippen molar-refractivity contribution in [3.63, 3.8) is 0 Å². The van der Waals surface area contributed by atoms with Crippen molar-refractivity contribution in [2.24, 2.45) is 11.7 Å². The molecule has 1 unspecified atom stereocenters. The second-order valence-corrected chi connectivity index (χ2v) is 5.64. The van der Waals surface area contributed by atoms with E-state index in [1.165, 1.54) is 27.1 Å². The van der Waals surface area contributed by atoms with Crippen LogP contribution in [0.15, 0.2) is 54.6 Å². The summed E-state index contributed by atoms with van der Waals surface area (Å²) in [5, 5.41) is 5.18. The first-order chi connectivity index (χ1) is 9.72. The Labute approximate surface area is 132 Å². The molecule has 0 aromatic heterocycles. The molecule has 0 aliphatic carbocycles. The van der Waals surface area contributed by atoms with E-state index in [2.05, 4.69) is 68.4 Å². The molecular weight excluding hydrogens is 278 g/mol. The topological polar surface area (TPSA) is 26.0 Å². The maximum absolute atomic E-state index is 6.51. The highest BCUT2D eigenvalue weighted by Crippen LogP contribution is 2.34. The minimum absolute atomic E-state index is 0. The third-order valence-electron chi connectivity index (χ3n) is 4.42. The van der Waals surface area contributed by atoms with Gasteiger partial charge in [0.1, 0.15) is 0 Å². The van der Waals surface area contributed by atoms with E-state index >= 15 is 0 Å². The predicted octanol–water partition coefficient (Wildman–Crippen LogP) is 5.46. The van der Waals surface area contributed by atoms with E-state index in [1.807, 2.05) is 0 Å². The minimum atomic E-state index is 0. The molecule has 110 valence electrons. The van der Waals surface area contributed by atoms with Crippen LogP contribution in [-0.2, 0) is 0 Å². The van der Waals surface area contributed by atoms with Crippen LogP contribution >= 0.6 is 12.4 Å². The van der Waals surface area contributed by atoms with Gasteiger partial charge in [-0.1, -0.05) is 68.8 Å². The Kier molecular flexibility index (Phi) is 4.87. The lowest BCUT2D eigenvalue weighted by atomic mass is 9.87. The second-order valence-electron chi connectivity index (χ2n) is 5.64. The van der Waals surface area contributed by atoms with Crippen LogP contribution in [-0.4, -0.2) is 0 Å². The third-order valence-corrected chi connectivity index (χ3v) is 4.42. The summed E-state index contributed by atoms with van der Waals surface area (Å²) in [4.78, 5) is 0. The van der Waals surface area contributed by atoms with Gasteiger partial charge in [-0.05, 0) is 39.1 Å². The van der Waals surface area contributed by atoms with Crippen LogP contribution in [0, 0.1) is 5.92 Å². The minimum Gasteiger partial charge on any atom is -0.324 e. The monoisotopic (exact) mass is 299 g/mol. The van der Waals surface area contributed by atoms with Crippen molar-refractivity contribution in [2.75, 3.05) is 0 Å². The van der Waals surface area contributed by atoms with E-state index in [0.29, 0.717) is 5.92 Å². The molecule has 0 radical (unpaired) electrons. The maximum atomic E-state index is 6.51.